The van der Waals surface area contributed by atoms with Crippen LogP contribution < -0.4 is 10.5 Å². The number of phenols is 1. The molecular weight excluding hydrogens is 292 g/mol. The van der Waals surface area contributed by atoms with E-state index in [1.165, 1.54) is 0 Å². The molecule has 21 heavy (non-hydrogen) atoms. The van der Waals surface area contributed by atoms with Crippen LogP contribution in [0.25, 0.3) is 0 Å². The summed E-state index contributed by atoms with van der Waals surface area (Å²) in [6.45, 7) is 0.786. The first-order chi connectivity index (χ1) is 10.1. The van der Waals surface area contributed by atoms with Gasteiger partial charge in [-0.25, -0.2) is 0 Å². The monoisotopic (exact) mass is 307 g/mol. The van der Waals surface area contributed by atoms with Gasteiger partial charge in [0, 0.05) is 12.6 Å². The highest BCUT2D eigenvalue weighted by Crippen LogP contribution is 2.32. The SMILES string of the molecule is Oc1ccc2c(c1)CCNC2c1ccc(Cl)c([NH+](O)O)c1. The largest absolute Gasteiger partial charge is 0.508 e. The third-order valence-corrected chi connectivity index (χ3v) is 4.07. The molecule has 1 atom stereocenters. The van der Waals surface area contributed by atoms with Gasteiger partial charge >= 0.3 is 0 Å². The van der Waals surface area contributed by atoms with E-state index in [4.69, 9.17) is 11.6 Å². The maximum absolute atomic E-state index is 9.59. The van der Waals surface area contributed by atoms with Gasteiger partial charge in [0.25, 0.3) is 0 Å². The Bertz CT molecular complexity index is 676. The molecule has 5 nitrogen and oxygen atoms in total. The summed E-state index contributed by atoms with van der Waals surface area (Å²) >= 11 is 5.96. The van der Waals surface area contributed by atoms with Gasteiger partial charge in [-0.05, 0) is 46.5 Å². The summed E-state index contributed by atoms with van der Waals surface area (Å²) in [5.41, 5.74) is 3.26. The van der Waals surface area contributed by atoms with E-state index >= 15 is 0 Å². The van der Waals surface area contributed by atoms with Crippen LogP contribution in [0, 0.1) is 0 Å². The zero-order valence-electron chi connectivity index (χ0n) is 11.2. The van der Waals surface area contributed by atoms with E-state index in [1.807, 2.05) is 12.1 Å². The molecule has 6 heteroatoms. The fourth-order valence-corrected chi connectivity index (χ4v) is 2.94. The van der Waals surface area contributed by atoms with Gasteiger partial charge < -0.3 is 10.4 Å². The number of aromatic hydroxyl groups is 1. The fourth-order valence-electron chi connectivity index (χ4n) is 2.74. The number of fused-ring (bicyclic) bond motifs is 1. The first-order valence-electron chi connectivity index (χ1n) is 6.66. The molecule has 1 unspecified atom stereocenters. The summed E-state index contributed by atoms with van der Waals surface area (Å²) in [4.78, 5) is 0. The molecule has 1 aliphatic rings. The average molecular weight is 308 g/mol. The van der Waals surface area contributed by atoms with Crippen molar-refractivity contribution in [3.63, 3.8) is 0 Å². The summed E-state index contributed by atoms with van der Waals surface area (Å²) in [5.74, 6) is 0.257. The van der Waals surface area contributed by atoms with Gasteiger partial charge in [0.05, 0.1) is 6.04 Å². The number of quaternary nitrogens is 1. The Morgan fingerprint density at radius 2 is 1.95 bits per heavy atom. The Balaban J connectivity index is 2.05. The number of hydrogen-bond acceptors (Lipinski definition) is 4. The maximum Gasteiger partial charge on any atom is 0.216 e. The number of rotatable bonds is 2. The van der Waals surface area contributed by atoms with Crippen molar-refractivity contribution in [2.75, 3.05) is 6.54 Å². The minimum atomic E-state index is -0.788. The van der Waals surface area contributed by atoms with Crippen LogP contribution >= 0.6 is 11.6 Å². The summed E-state index contributed by atoms with van der Waals surface area (Å²) in [6, 6.07) is 10.4. The van der Waals surface area contributed by atoms with E-state index in [0.29, 0.717) is 5.02 Å². The molecule has 0 aromatic heterocycles. The van der Waals surface area contributed by atoms with Crippen LogP contribution in [0.3, 0.4) is 0 Å². The number of benzene rings is 2. The molecule has 0 fully saturated rings. The molecule has 0 radical (unpaired) electrons. The molecule has 0 bridgehead atoms. The van der Waals surface area contributed by atoms with Crippen molar-refractivity contribution in [3.8, 4) is 5.75 Å². The van der Waals surface area contributed by atoms with E-state index in [2.05, 4.69) is 5.32 Å². The van der Waals surface area contributed by atoms with Crippen LogP contribution in [-0.4, -0.2) is 22.1 Å². The van der Waals surface area contributed by atoms with Crippen molar-refractivity contribution in [1.29, 1.82) is 0 Å². The predicted octanol–water partition coefficient (Wildman–Crippen LogP) is 1.58. The third kappa shape index (κ3) is 2.74. The number of nitrogens with one attached hydrogen (secondary N) is 2. The van der Waals surface area contributed by atoms with E-state index in [1.54, 1.807) is 24.3 Å². The minimum absolute atomic E-state index is 0.0651. The van der Waals surface area contributed by atoms with Crippen molar-refractivity contribution in [2.45, 2.75) is 12.5 Å². The highest BCUT2D eigenvalue weighted by molar-refractivity contribution is 6.32. The first-order valence-corrected chi connectivity index (χ1v) is 7.04. The number of hydrogen-bond donors (Lipinski definition) is 5. The van der Waals surface area contributed by atoms with Crippen LogP contribution in [-0.2, 0) is 6.42 Å². The van der Waals surface area contributed by atoms with Crippen LogP contribution in [0.15, 0.2) is 36.4 Å². The summed E-state index contributed by atoms with van der Waals surface area (Å²) in [5, 5.41) is 31.1. The van der Waals surface area contributed by atoms with Crippen molar-refractivity contribution >= 4 is 17.3 Å². The van der Waals surface area contributed by atoms with Crippen molar-refractivity contribution in [2.24, 2.45) is 0 Å². The molecule has 110 valence electrons. The summed E-state index contributed by atoms with van der Waals surface area (Å²) in [6.07, 6.45) is 0.845. The minimum Gasteiger partial charge on any atom is -0.508 e. The molecule has 2 aromatic rings. The lowest BCUT2D eigenvalue weighted by molar-refractivity contribution is -1.19. The fraction of sp³-hybridized carbons (Fsp3) is 0.200. The molecule has 2 aromatic carbocycles. The standard InChI is InChI=1S/C15H15ClN2O3/c16-13-4-1-10(8-14(13)18(20)21)15-12-3-2-11(19)7-9(12)5-6-17-15/h1-4,7-8,15,17,19-21H,5-6H2/p+1. The normalized spacial score (nSPS) is 17.8. The molecule has 1 aliphatic heterocycles. The van der Waals surface area contributed by atoms with Crippen molar-refractivity contribution < 1.29 is 20.7 Å². The topological polar surface area (TPSA) is 77.2 Å². The molecule has 5 N–H and O–H groups in total. The van der Waals surface area contributed by atoms with Gasteiger partial charge in [0.15, 0.2) is 0 Å². The van der Waals surface area contributed by atoms with Crippen LogP contribution in [0.5, 0.6) is 5.75 Å². The van der Waals surface area contributed by atoms with E-state index < -0.39 is 5.23 Å². The molecule has 0 saturated heterocycles. The van der Waals surface area contributed by atoms with Crippen molar-refractivity contribution in [1.82, 2.24) is 5.32 Å². The van der Waals surface area contributed by atoms with Gasteiger partial charge in [-0.2, -0.15) is 10.4 Å². The lowest BCUT2D eigenvalue weighted by Gasteiger charge is -2.27. The predicted molar refractivity (Wildman–Crippen MR) is 77.3 cm³/mol. The lowest BCUT2D eigenvalue weighted by Crippen LogP contribution is -3.02. The van der Waals surface area contributed by atoms with Crippen LogP contribution in [0.2, 0.25) is 5.02 Å². The first kappa shape index (κ1) is 14.3. The molecule has 0 spiro atoms. The zero-order chi connectivity index (χ0) is 15.0. The van der Waals surface area contributed by atoms with Crippen molar-refractivity contribution in [3.05, 3.63) is 58.1 Å². The maximum atomic E-state index is 9.59. The molecular formula is C15H16ClN2O3+. The van der Waals surface area contributed by atoms with Gasteiger partial charge in [-0.3, -0.25) is 0 Å². The van der Waals surface area contributed by atoms with Gasteiger partial charge in [-0.1, -0.05) is 23.7 Å². The van der Waals surface area contributed by atoms with E-state index in [-0.39, 0.29) is 17.5 Å². The molecule has 3 rings (SSSR count). The summed E-state index contributed by atoms with van der Waals surface area (Å²) < 4.78 is 0. The smallest absolute Gasteiger partial charge is 0.216 e. The van der Waals surface area contributed by atoms with E-state index in [0.717, 1.165) is 29.7 Å². The number of halogens is 1. The lowest BCUT2D eigenvalue weighted by atomic mass is 9.89. The second-order valence-corrected chi connectivity index (χ2v) is 5.49. The zero-order valence-corrected chi connectivity index (χ0v) is 11.9. The Labute approximate surface area is 126 Å². The quantitative estimate of drug-likeness (QED) is 0.546. The number of phenolic OH excluding ortho intramolecular Hbond substituents is 1. The summed E-state index contributed by atoms with van der Waals surface area (Å²) in [7, 11) is 0. The second-order valence-electron chi connectivity index (χ2n) is 5.08. The molecule has 0 aliphatic carbocycles. The van der Waals surface area contributed by atoms with E-state index in [9.17, 15) is 15.5 Å². The third-order valence-electron chi connectivity index (χ3n) is 3.75. The molecule has 1 heterocycles. The Kier molecular flexibility index (Phi) is 3.84. The molecule has 0 amide bonds. The van der Waals surface area contributed by atoms with Crippen LogP contribution in [0.1, 0.15) is 22.7 Å². The second kappa shape index (κ2) is 5.63. The Morgan fingerprint density at radius 1 is 1.14 bits per heavy atom. The highest BCUT2D eigenvalue weighted by Gasteiger charge is 2.24. The molecule has 0 saturated carbocycles. The van der Waals surface area contributed by atoms with Crippen LogP contribution in [0.4, 0.5) is 5.69 Å². The van der Waals surface area contributed by atoms with Gasteiger partial charge in [0.2, 0.25) is 5.69 Å². The Morgan fingerprint density at radius 3 is 2.71 bits per heavy atom. The van der Waals surface area contributed by atoms with Gasteiger partial charge in [0.1, 0.15) is 10.8 Å². The highest BCUT2D eigenvalue weighted by atomic mass is 35.5. The van der Waals surface area contributed by atoms with Gasteiger partial charge in [-0.15, -0.1) is 0 Å². The average Bonchev–Trinajstić information content (AvgIpc) is 2.46. The Hall–Kier alpha value is -1.63.